The number of sulfone groups is 1. The van der Waals surface area contributed by atoms with Gasteiger partial charge in [-0.3, -0.25) is 19.3 Å². The summed E-state index contributed by atoms with van der Waals surface area (Å²) in [6.07, 6.45) is 3.61. The first-order valence-electron chi connectivity index (χ1n) is 10.5. The fraction of sp³-hybridized carbons (Fsp3) is 0.250. The molecule has 2 aromatic carbocycles. The lowest BCUT2D eigenvalue weighted by Crippen LogP contribution is -2.48. The van der Waals surface area contributed by atoms with Gasteiger partial charge in [-0.2, -0.15) is 0 Å². The molecule has 0 bridgehead atoms. The molecular weight excluding hydrogens is 460 g/mol. The van der Waals surface area contributed by atoms with Crippen LogP contribution in [0, 0.1) is 0 Å². The third-order valence-corrected chi connectivity index (χ3v) is 6.06. The number of benzene rings is 2. The SMILES string of the molecule is CCOC(=O)/C=C/c1ccc(NC(=O)C(CCS(C)(=O)=O)N2C(=O)c3ccccc3C2=O)cc1. The van der Waals surface area contributed by atoms with Crippen LogP contribution < -0.4 is 5.32 Å². The maximum absolute atomic E-state index is 13.1. The Bertz CT molecular complexity index is 1220. The quantitative estimate of drug-likeness (QED) is 0.329. The Kier molecular flexibility index (Phi) is 7.62. The molecule has 34 heavy (non-hydrogen) atoms. The largest absolute Gasteiger partial charge is 0.463 e. The van der Waals surface area contributed by atoms with Crippen molar-refractivity contribution in [3.8, 4) is 0 Å². The van der Waals surface area contributed by atoms with Crippen LogP contribution in [-0.4, -0.2) is 61.7 Å². The Morgan fingerprint density at radius 3 is 2.15 bits per heavy atom. The van der Waals surface area contributed by atoms with Crippen molar-refractivity contribution in [2.24, 2.45) is 0 Å². The number of hydrogen-bond donors (Lipinski definition) is 1. The van der Waals surface area contributed by atoms with E-state index in [0.717, 1.165) is 11.2 Å². The maximum atomic E-state index is 13.1. The summed E-state index contributed by atoms with van der Waals surface area (Å²) in [5, 5.41) is 2.64. The zero-order valence-electron chi connectivity index (χ0n) is 18.7. The molecule has 10 heteroatoms. The summed E-state index contributed by atoms with van der Waals surface area (Å²) in [6, 6.07) is 11.3. The van der Waals surface area contributed by atoms with E-state index in [4.69, 9.17) is 4.74 Å². The van der Waals surface area contributed by atoms with Gasteiger partial charge in [0.1, 0.15) is 15.9 Å². The van der Waals surface area contributed by atoms with Gasteiger partial charge in [0.05, 0.1) is 23.5 Å². The van der Waals surface area contributed by atoms with Crippen molar-refractivity contribution in [1.29, 1.82) is 0 Å². The number of amides is 3. The van der Waals surface area contributed by atoms with Crippen molar-refractivity contribution in [1.82, 2.24) is 4.90 Å². The van der Waals surface area contributed by atoms with E-state index in [9.17, 15) is 27.6 Å². The summed E-state index contributed by atoms with van der Waals surface area (Å²) in [7, 11) is -3.46. The molecule has 1 aliphatic rings. The normalized spacial score (nSPS) is 14.2. The number of fused-ring (bicyclic) bond motifs is 1. The number of hydrogen-bond acceptors (Lipinski definition) is 7. The molecule has 1 unspecified atom stereocenters. The highest BCUT2D eigenvalue weighted by molar-refractivity contribution is 7.90. The number of esters is 1. The van der Waals surface area contributed by atoms with Crippen LogP contribution in [0.15, 0.2) is 54.6 Å². The first-order valence-corrected chi connectivity index (χ1v) is 12.6. The highest BCUT2D eigenvalue weighted by Crippen LogP contribution is 2.26. The molecule has 0 aromatic heterocycles. The lowest BCUT2D eigenvalue weighted by atomic mass is 10.1. The third-order valence-electron chi connectivity index (χ3n) is 5.08. The van der Waals surface area contributed by atoms with Gasteiger partial charge in [-0.25, -0.2) is 13.2 Å². The number of anilines is 1. The van der Waals surface area contributed by atoms with Crippen LogP contribution in [0.1, 0.15) is 39.6 Å². The van der Waals surface area contributed by atoms with Gasteiger partial charge in [0.25, 0.3) is 11.8 Å². The minimum absolute atomic E-state index is 0.169. The minimum Gasteiger partial charge on any atom is -0.463 e. The standard InChI is InChI=1S/C24H24N2O7S/c1-3-33-21(27)13-10-16-8-11-17(12-9-16)25-22(28)20(14-15-34(2,31)32)26-23(29)18-6-4-5-7-19(18)24(26)30/h4-13,20H,3,14-15H2,1-2H3,(H,25,28)/b13-10+. The number of ether oxygens (including phenoxy) is 1. The van der Waals surface area contributed by atoms with Crippen molar-refractivity contribution in [2.45, 2.75) is 19.4 Å². The molecule has 1 heterocycles. The highest BCUT2D eigenvalue weighted by atomic mass is 32.2. The topological polar surface area (TPSA) is 127 Å². The van der Waals surface area contributed by atoms with E-state index in [2.05, 4.69) is 5.32 Å². The lowest BCUT2D eigenvalue weighted by Gasteiger charge is -2.25. The van der Waals surface area contributed by atoms with Crippen LogP contribution in [0.4, 0.5) is 5.69 Å². The van der Waals surface area contributed by atoms with Crippen LogP contribution in [0.5, 0.6) is 0 Å². The fourth-order valence-electron chi connectivity index (χ4n) is 3.45. The van der Waals surface area contributed by atoms with Gasteiger partial charge in [-0.15, -0.1) is 0 Å². The number of nitrogens with one attached hydrogen (secondary N) is 1. The summed E-state index contributed by atoms with van der Waals surface area (Å²) in [5.41, 5.74) is 1.39. The number of carbonyl (C=O) groups is 4. The predicted octanol–water partition coefficient (Wildman–Crippen LogP) is 2.30. The molecule has 1 aliphatic heterocycles. The zero-order valence-corrected chi connectivity index (χ0v) is 19.5. The van der Waals surface area contributed by atoms with Crippen LogP contribution in [0.25, 0.3) is 6.08 Å². The molecule has 0 saturated heterocycles. The lowest BCUT2D eigenvalue weighted by molar-refractivity contribution is -0.137. The van der Waals surface area contributed by atoms with Gasteiger partial charge in [0.15, 0.2) is 0 Å². The van der Waals surface area contributed by atoms with Crippen molar-refractivity contribution in [3.05, 3.63) is 71.3 Å². The molecule has 178 valence electrons. The van der Waals surface area contributed by atoms with Crippen molar-refractivity contribution in [2.75, 3.05) is 23.9 Å². The monoisotopic (exact) mass is 484 g/mol. The molecule has 0 fully saturated rings. The van der Waals surface area contributed by atoms with Crippen LogP contribution in [0.3, 0.4) is 0 Å². The molecule has 3 amide bonds. The Morgan fingerprint density at radius 2 is 1.62 bits per heavy atom. The second kappa shape index (κ2) is 10.4. The van der Waals surface area contributed by atoms with E-state index in [1.807, 2.05) is 0 Å². The van der Waals surface area contributed by atoms with E-state index in [-0.39, 0.29) is 29.9 Å². The van der Waals surface area contributed by atoms with Crippen LogP contribution >= 0.6 is 0 Å². The second-order valence-corrected chi connectivity index (χ2v) is 9.92. The average Bonchev–Trinajstić information content (AvgIpc) is 3.04. The second-order valence-electron chi connectivity index (χ2n) is 7.66. The van der Waals surface area contributed by atoms with E-state index in [1.54, 1.807) is 49.4 Å². The number of nitrogens with zero attached hydrogens (tertiary/aromatic N) is 1. The molecule has 0 saturated carbocycles. The van der Waals surface area contributed by atoms with E-state index < -0.39 is 39.6 Å². The predicted molar refractivity (Wildman–Crippen MR) is 126 cm³/mol. The van der Waals surface area contributed by atoms with Gasteiger partial charge in [0, 0.05) is 18.0 Å². The van der Waals surface area contributed by atoms with Gasteiger partial charge in [-0.1, -0.05) is 24.3 Å². The third kappa shape index (κ3) is 5.96. The Hall–Kier alpha value is -3.79. The smallest absolute Gasteiger partial charge is 0.330 e. The maximum Gasteiger partial charge on any atom is 0.330 e. The van der Waals surface area contributed by atoms with E-state index in [1.165, 1.54) is 18.2 Å². The van der Waals surface area contributed by atoms with Crippen molar-refractivity contribution < 1.29 is 32.3 Å². The minimum atomic E-state index is -3.46. The summed E-state index contributed by atoms with van der Waals surface area (Å²) in [6.45, 7) is 1.97. The fourth-order valence-corrected chi connectivity index (χ4v) is 4.10. The summed E-state index contributed by atoms with van der Waals surface area (Å²) < 4.78 is 28.3. The van der Waals surface area contributed by atoms with Gasteiger partial charge >= 0.3 is 5.97 Å². The number of carbonyl (C=O) groups excluding carboxylic acids is 4. The molecule has 0 spiro atoms. The Morgan fingerprint density at radius 1 is 1.03 bits per heavy atom. The van der Waals surface area contributed by atoms with Crippen molar-refractivity contribution >= 4 is 45.3 Å². The van der Waals surface area contributed by atoms with Crippen molar-refractivity contribution in [3.63, 3.8) is 0 Å². The molecule has 1 N–H and O–H groups in total. The molecule has 0 radical (unpaired) electrons. The molecular formula is C24H24N2O7S. The van der Waals surface area contributed by atoms with Crippen LogP contribution in [-0.2, 0) is 24.2 Å². The molecule has 0 aliphatic carbocycles. The van der Waals surface area contributed by atoms with Gasteiger partial charge in [-0.05, 0) is 49.2 Å². The van der Waals surface area contributed by atoms with Gasteiger partial charge in [0.2, 0.25) is 5.91 Å². The molecule has 3 rings (SSSR count). The summed E-state index contributed by atoms with van der Waals surface area (Å²) in [5.74, 6) is -2.83. The number of imide groups is 1. The summed E-state index contributed by atoms with van der Waals surface area (Å²) >= 11 is 0. The van der Waals surface area contributed by atoms with E-state index >= 15 is 0 Å². The van der Waals surface area contributed by atoms with Gasteiger partial charge < -0.3 is 10.1 Å². The Balaban J connectivity index is 1.79. The molecule has 2 aromatic rings. The summed E-state index contributed by atoms with van der Waals surface area (Å²) in [4.78, 5) is 51.1. The first kappa shape index (κ1) is 24.8. The number of rotatable bonds is 9. The zero-order chi connectivity index (χ0) is 24.9. The van der Waals surface area contributed by atoms with Crippen LogP contribution in [0.2, 0.25) is 0 Å². The molecule has 9 nitrogen and oxygen atoms in total. The average molecular weight is 485 g/mol. The Labute approximate surface area is 197 Å². The first-order chi connectivity index (χ1) is 16.1. The molecule has 1 atom stereocenters. The van der Waals surface area contributed by atoms with E-state index in [0.29, 0.717) is 11.3 Å². The highest BCUT2D eigenvalue weighted by Gasteiger charge is 2.42.